The minimum atomic E-state index is -0.183. The third kappa shape index (κ3) is 2.82. The second kappa shape index (κ2) is 5.69. The number of ether oxygens (including phenoxy) is 2. The number of nitrogens with zero attached hydrogens (tertiary/aromatic N) is 1. The summed E-state index contributed by atoms with van der Waals surface area (Å²) in [6.07, 6.45) is 1.95. The van der Waals surface area contributed by atoms with Gasteiger partial charge in [-0.05, 0) is 18.4 Å². The fourth-order valence-electron chi connectivity index (χ4n) is 2.19. The van der Waals surface area contributed by atoms with Crippen LogP contribution in [0.1, 0.15) is 5.82 Å². The van der Waals surface area contributed by atoms with Gasteiger partial charge < -0.3 is 20.2 Å². The van der Waals surface area contributed by atoms with Gasteiger partial charge in [-0.2, -0.15) is 11.8 Å². The molecule has 0 saturated carbocycles. The summed E-state index contributed by atoms with van der Waals surface area (Å²) in [7, 11) is 0. The second-order valence-corrected chi connectivity index (χ2v) is 5.47. The molecule has 0 unspecified atom stereocenters. The molecule has 3 rings (SSSR count). The van der Waals surface area contributed by atoms with Crippen molar-refractivity contribution < 1.29 is 9.47 Å². The first-order valence-corrected chi connectivity index (χ1v) is 7.85. The van der Waals surface area contributed by atoms with E-state index in [0.29, 0.717) is 47.7 Å². The molecule has 0 saturated heterocycles. The van der Waals surface area contributed by atoms with Gasteiger partial charge in [-0.15, -0.1) is 0 Å². The van der Waals surface area contributed by atoms with Gasteiger partial charge in [0.25, 0.3) is 5.56 Å². The molecule has 1 aromatic carbocycles. The number of aromatic amines is 1. The highest BCUT2D eigenvalue weighted by molar-refractivity contribution is 7.97. The maximum atomic E-state index is 11.7. The van der Waals surface area contributed by atoms with Gasteiger partial charge in [-0.3, -0.25) is 4.79 Å². The molecule has 0 aliphatic carbocycles. The minimum Gasteiger partial charge on any atom is -0.486 e. The maximum absolute atomic E-state index is 11.7. The molecule has 1 aliphatic rings. The molecule has 1 aliphatic heterocycles. The Kier molecular flexibility index (Phi) is 3.74. The Morgan fingerprint density at radius 2 is 2.14 bits per heavy atom. The molecule has 0 spiro atoms. The summed E-state index contributed by atoms with van der Waals surface area (Å²) in [5.41, 5.74) is 7.61. The van der Waals surface area contributed by atoms with Crippen LogP contribution in [0.2, 0.25) is 0 Å². The average molecular weight is 305 g/mol. The minimum absolute atomic E-state index is 0.183. The first-order chi connectivity index (χ1) is 10.2. The molecule has 2 heterocycles. The normalized spacial score (nSPS) is 13.2. The molecular weight excluding hydrogens is 290 g/mol. The third-order valence-corrected chi connectivity index (χ3v) is 3.60. The van der Waals surface area contributed by atoms with Crippen LogP contribution in [0.3, 0.4) is 0 Å². The van der Waals surface area contributed by atoms with Crippen LogP contribution in [0.5, 0.6) is 11.5 Å². The fourth-order valence-corrected chi connectivity index (χ4v) is 2.60. The molecular formula is C14H15N3O3S. The monoisotopic (exact) mass is 305 g/mol. The lowest BCUT2D eigenvalue weighted by Crippen LogP contribution is -2.16. The van der Waals surface area contributed by atoms with E-state index in [2.05, 4.69) is 9.97 Å². The summed E-state index contributed by atoms with van der Waals surface area (Å²) in [5.74, 6) is 2.42. The van der Waals surface area contributed by atoms with Gasteiger partial charge in [0.1, 0.15) is 19.0 Å². The number of H-pyrrole nitrogens is 1. The Hall–Kier alpha value is -2.15. The second-order valence-electron chi connectivity index (χ2n) is 4.60. The van der Waals surface area contributed by atoms with E-state index in [1.165, 1.54) is 6.07 Å². The molecule has 1 aromatic heterocycles. The third-order valence-electron chi connectivity index (χ3n) is 3.04. The topological polar surface area (TPSA) is 90.2 Å². The first-order valence-electron chi connectivity index (χ1n) is 6.46. The number of rotatable bonds is 3. The van der Waals surface area contributed by atoms with E-state index in [1.54, 1.807) is 23.9 Å². The Balaban J connectivity index is 2.08. The quantitative estimate of drug-likeness (QED) is 0.838. The average Bonchev–Trinajstić information content (AvgIpc) is 2.47. The van der Waals surface area contributed by atoms with E-state index in [9.17, 15) is 4.79 Å². The number of nitrogens with one attached hydrogen (secondary N) is 1. The molecule has 2 aromatic rings. The van der Waals surface area contributed by atoms with Crippen LogP contribution >= 0.6 is 11.8 Å². The van der Waals surface area contributed by atoms with Crippen LogP contribution < -0.4 is 20.8 Å². The van der Waals surface area contributed by atoms with Crippen molar-refractivity contribution in [3.8, 4) is 22.8 Å². The lowest BCUT2D eigenvalue weighted by molar-refractivity contribution is 0.173. The fraction of sp³-hybridized carbons (Fsp3) is 0.286. The van der Waals surface area contributed by atoms with Crippen LogP contribution in [-0.2, 0) is 5.75 Å². The maximum Gasteiger partial charge on any atom is 0.251 e. The molecule has 21 heavy (non-hydrogen) atoms. The van der Waals surface area contributed by atoms with Crippen molar-refractivity contribution in [1.82, 2.24) is 9.97 Å². The van der Waals surface area contributed by atoms with Crippen LogP contribution in [0.4, 0.5) is 5.69 Å². The van der Waals surface area contributed by atoms with Gasteiger partial charge in [0.15, 0.2) is 11.5 Å². The summed E-state index contributed by atoms with van der Waals surface area (Å²) in [6.45, 7) is 0.966. The van der Waals surface area contributed by atoms with Crippen molar-refractivity contribution in [1.29, 1.82) is 0 Å². The first kappa shape index (κ1) is 13.8. The lowest BCUT2D eigenvalue weighted by atomic mass is 10.1. The zero-order chi connectivity index (χ0) is 14.8. The standard InChI is InChI=1S/C14H15N3O3S/c1-21-7-12-16-10(6-13(18)17-12)8-4-9(15)14-11(5-8)19-2-3-20-14/h4-6H,2-3,7,15H2,1H3,(H,16,17,18). The van der Waals surface area contributed by atoms with E-state index < -0.39 is 0 Å². The summed E-state index contributed by atoms with van der Waals surface area (Å²) in [5, 5.41) is 0. The van der Waals surface area contributed by atoms with E-state index in [4.69, 9.17) is 15.2 Å². The van der Waals surface area contributed by atoms with Crippen molar-refractivity contribution in [2.75, 3.05) is 25.2 Å². The number of nitrogen functional groups attached to an aromatic ring is 1. The van der Waals surface area contributed by atoms with Crippen molar-refractivity contribution >= 4 is 17.4 Å². The van der Waals surface area contributed by atoms with E-state index in [-0.39, 0.29) is 5.56 Å². The van der Waals surface area contributed by atoms with Gasteiger partial charge in [-0.25, -0.2) is 4.98 Å². The number of benzene rings is 1. The number of fused-ring (bicyclic) bond motifs is 1. The number of anilines is 1. The molecule has 110 valence electrons. The summed E-state index contributed by atoms with van der Waals surface area (Å²) < 4.78 is 11.0. The van der Waals surface area contributed by atoms with Gasteiger partial charge in [0.2, 0.25) is 0 Å². The Bertz CT molecular complexity index is 730. The smallest absolute Gasteiger partial charge is 0.251 e. The highest BCUT2D eigenvalue weighted by Crippen LogP contribution is 2.39. The molecule has 0 radical (unpaired) electrons. The van der Waals surface area contributed by atoms with Gasteiger partial charge in [-0.1, -0.05) is 0 Å². The van der Waals surface area contributed by atoms with Crippen LogP contribution in [0.25, 0.3) is 11.3 Å². The number of hydrogen-bond acceptors (Lipinski definition) is 6. The van der Waals surface area contributed by atoms with Gasteiger partial charge in [0, 0.05) is 11.6 Å². The molecule has 7 heteroatoms. The Morgan fingerprint density at radius 1 is 1.33 bits per heavy atom. The van der Waals surface area contributed by atoms with Crippen molar-refractivity contribution in [3.63, 3.8) is 0 Å². The van der Waals surface area contributed by atoms with Crippen LogP contribution in [-0.4, -0.2) is 29.4 Å². The predicted molar refractivity (Wildman–Crippen MR) is 82.9 cm³/mol. The highest BCUT2D eigenvalue weighted by atomic mass is 32.2. The number of hydrogen-bond donors (Lipinski definition) is 2. The SMILES string of the molecule is CSCc1nc(-c2cc(N)c3c(c2)OCCO3)cc(=O)[nH]1. The van der Waals surface area contributed by atoms with Crippen molar-refractivity contribution in [2.24, 2.45) is 0 Å². The van der Waals surface area contributed by atoms with E-state index in [1.807, 2.05) is 6.26 Å². The van der Waals surface area contributed by atoms with Crippen molar-refractivity contribution in [2.45, 2.75) is 5.75 Å². The van der Waals surface area contributed by atoms with Crippen LogP contribution in [0, 0.1) is 0 Å². The summed E-state index contributed by atoms with van der Waals surface area (Å²) >= 11 is 1.59. The lowest BCUT2D eigenvalue weighted by Gasteiger charge is -2.20. The van der Waals surface area contributed by atoms with Gasteiger partial charge in [0.05, 0.1) is 17.1 Å². The highest BCUT2D eigenvalue weighted by Gasteiger charge is 2.17. The zero-order valence-electron chi connectivity index (χ0n) is 11.5. The number of aromatic nitrogens is 2. The molecule has 0 atom stereocenters. The molecule has 0 bridgehead atoms. The molecule has 0 amide bonds. The van der Waals surface area contributed by atoms with E-state index >= 15 is 0 Å². The molecule has 0 fully saturated rings. The predicted octanol–water partition coefficient (Wildman–Crippen LogP) is 1.65. The van der Waals surface area contributed by atoms with E-state index in [0.717, 1.165) is 5.56 Å². The summed E-state index contributed by atoms with van der Waals surface area (Å²) in [4.78, 5) is 18.9. The molecule has 6 nitrogen and oxygen atoms in total. The number of thioether (sulfide) groups is 1. The number of nitrogens with two attached hydrogens (primary N) is 1. The zero-order valence-corrected chi connectivity index (χ0v) is 12.3. The molecule has 3 N–H and O–H groups in total. The largest absolute Gasteiger partial charge is 0.486 e. The Labute approximate surface area is 125 Å². The van der Waals surface area contributed by atoms with Gasteiger partial charge >= 0.3 is 0 Å². The summed E-state index contributed by atoms with van der Waals surface area (Å²) in [6, 6.07) is 5.00. The van der Waals surface area contributed by atoms with Crippen LogP contribution in [0.15, 0.2) is 23.0 Å². The Morgan fingerprint density at radius 3 is 2.95 bits per heavy atom. The van der Waals surface area contributed by atoms with Crippen molar-refractivity contribution in [3.05, 3.63) is 34.4 Å².